The van der Waals surface area contributed by atoms with Gasteiger partial charge in [-0.05, 0) is 36.5 Å². The largest absolute Gasteiger partial charge is 0.0880 e. The molecule has 0 radical (unpaired) electrons. The Morgan fingerprint density at radius 1 is 1.33 bits per heavy atom. The highest BCUT2D eigenvalue weighted by molar-refractivity contribution is 4.94. The average molecular weight is 166 g/mol. The molecule has 0 spiro atoms. The monoisotopic (exact) mass is 166 g/mol. The van der Waals surface area contributed by atoms with Gasteiger partial charge in [0.15, 0.2) is 0 Å². The normalized spacial score (nSPS) is 31.4. The molecule has 0 aromatic rings. The van der Waals surface area contributed by atoms with E-state index in [0.29, 0.717) is 0 Å². The second-order valence-electron chi connectivity index (χ2n) is 4.74. The fourth-order valence-electron chi connectivity index (χ4n) is 1.42. The van der Waals surface area contributed by atoms with Crippen LogP contribution in [0.25, 0.3) is 0 Å². The van der Waals surface area contributed by atoms with E-state index < -0.39 is 0 Å². The number of rotatable bonds is 4. The van der Waals surface area contributed by atoms with Crippen LogP contribution in [-0.2, 0) is 0 Å². The van der Waals surface area contributed by atoms with Gasteiger partial charge >= 0.3 is 0 Å². The van der Waals surface area contributed by atoms with Crippen molar-refractivity contribution in [3.8, 4) is 0 Å². The van der Waals surface area contributed by atoms with Crippen molar-refractivity contribution in [3.63, 3.8) is 0 Å². The predicted molar refractivity (Wildman–Crippen MR) is 55.0 cm³/mol. The lowest BCUT2D eigenvalue weighted by atomic mass is 9.97. The first-order valence-corrected chi connectivity index (χ1v) is 5.28. The van der Waals surface area contributed by atoms with Crippen LogP contribution in [0.1, 0.15) is 40.5 Å². The van der Waals surface area contributed by atoms with Crippen molar-refractivity contribution in [3.05, 3.63) is 12.2 Å². The number of allylic oxidation sites excluding steroid dienone is 2. The molecule has 0 bridgehead atoms. The number of hydrogen-bond donors (Lipinski definition) is 0. The van der Waals surface area contributed by atoms with Crippen molar-refractivity contribution in [2.75, 3.05) is 0 Å². The Bertz CT molecular complexity index is 155. The quantitative estimate of drug-likeness (QED) is 0.556. The van der Waals surface area contributed by atoms with Gasteiger partial charge in [-0.1, -0.05) is 39.8 Å². The summed E-state index contributed by atoms with van der Waals surface area (Å²) in [5.41, 5.74) is 0. The second-order valence-corrected chi connectivity index (χ2v) is 4.74. The lowest BCUT2D eigenvalue weighted by molar-refractivity contribution is 0.502. The van der Waals surface area contributed by atoms with Crippen molar-refractivity contribution in [2.24, 2.45) is 23.7 Å². The van der Waals surface area contributed by atoms with Crippen LogP contribution >= 0.6 is 0 Å². The maximum absolute atomic E-state index is 2.39. The Labute approximate surface area is 77.1 Å². The fraction of sp³-hybridized carbons (Fsp3) is 0.833. The molecule has 0 aromatic heterocycles. The summed E-state index contributed by atoms with van der Waals surface area (Å²) in [7, 11) is 0. The lowest BCUT2D eigenvalue weighted by Crippen LogP contribution is -1.98. The molecule has 3 atom stereocenters. The molecule has 0 nitrogen and oxygen atoms in total. The van der Waals surface area contributed by atoms with E-state index in [1.165, 1.54) is 12.8 Å². The highest BCUT2D eigenvalue weighted by atomic mass is 14.4. The first-order valence-electron chi connectivity index (χ1n) is 5.28. The smallest absolute Gasteiger partial charge is 0.0239 e. The zero-order valence-electron chi connectivity index (χ0n) is 8.88. The molecule has 12 heavy (non-hydrogen) atoms. The van der Waals surface area contributed by atoms with Crippen LogP contribution in [0, 0.1) is 23.7 Å². The van der Waals surface area contributed by atoms with E-state index in [-0.39, 0.29) is 0 Å². The zero-order chi connectivity index (χ0) is 9.14. The highest BCUT2D eigenvalue weighted by Crippen LogP contribution is 2.40. The molecule has 1 rings (SSSR count). The van der Waals surface area contributed by atoms with Crippen molar-refractivity contribution in [2.45, 2.75) is 40.5 Å². The van der Waals surface area contributed by atoms with Crippen LogP contribution in [0.15, 0.2) is 12.2 Å². The molecule has 1 aliphatic rings. The van der Waals surface area contributed by atoms with Crippen LogP contribution in [0.2, 0.25) is 0 Å². The van der Waals surface area contributed by atoms with Gasteiger partial charge < -0.3 is 0 Å². The van der Waals surface area contributed by atoms with Gasteiger partial charge in [-0.2, -0.15) is 0 Å². The van der Waals surface area contributed by atoms with Gasteiger partial charge in [0, 0.05) is 0 Å². The predicted octanol–water partition coefficient (Wildman–Crippen LogP) is 3.88. The molecular formula is C12H22. The minimum absolute atomic E-state index is 0.749. The van der Waals surface area contributed by atoms with Crippen LogP contribution in [0.3, 0.4) is 0 Å². The van der Waals surface area contributed by atoms with E-state index in [1.54, 1.807) is 0 Å². The molecule has 0 saturated heterocycles. The molecular weight excluding hydrogens is 144 g/mol. The van der Waals surface area contributed by atoms with Crippen LogP contribution in [0.5, 0.6) is 0 Å². The Kier molecular flexibility index (Phi) is 3.37. The van der Waals surface area contributed by atoms with Gasteiger partial charge in [0.25, 0.3) is 0 Å². The Morgan fingerprint density at radius 3 is 2.33 bits per heavy atom. The summed E-state index contributed by atoms with van der Waals surface area (Å²) in [6, 6.07) is 0. The lowest BCUT2D eigenvalue weighted by Gasteiger charge is -2.09. The summed E-state index contributed by atoms with van der Waals surface area (Å²) in [6.07, 6.45) is 7.55. The number of hydrogen-bond acceptors (Lipinski definition) is 0. The highest BCUT2D eigenvalue weighted by Gasteiger charge is 2.30. The van der Waals surface area contributed by atoms with Crippen LogP contribution in [0.4, 0.5) is 0 Å². The molecule has 70 valence electrons. The summed E-state index contributed by atoms with van der Waals surface area (Å²) in [6.45, 7) is 9.23. The third kappa shape index (κ3) is 3.00. The molecule has 0 aromatic carbocycles. The first-order chi connectivity index (χ1) is 5.61. The van der Waals surface area contributed by atoms with E-state index in [4.69, 9.17) is 0 Å². The molecule has 3 unspecified atom stereocenters. The van der Waals surface area contributed by atoms with E-state index >= 15 is 0 Å². The van der Waals surface area contributed by atoms with Gasteiger partial charge in [0.05, 0.1) is 0 Å². The second kappa shape index (κ2) is 4.11. The molecule has 0 heterocycles. The van der Waals surface area contributed by atoms with Crippen molar-refractivity contribution < 1.29 is 0 Å². The van der Waals surface area contributed by atoms with E-state index in [0.717, 1.165) is 23.7 Å². The summed E-state index contributed by atoms with van der Waals surface area (Å²) in [4.78, 5) is 0. The molecule has 0 N–H and O–H groups in total. The van der Waals surface area contributed by atoms with Gasteiger partial charge in [0.1, 0.15) is 0 Å². The van der Waals surface area contributed by atoms with Gasteiger partial charge in [0.2, 0.25) is 0 Å². The zero-order valence-corrected chi connectivity index (χ0v) is 8.88. The van der Waals surface area contributed by atoms with Crippen molar-refractivity contribution in [1.29, 1.82) is 0 Å². The SMILES string of the molecule is CC(C)C(C)C=CCC1CC1C. The Hall–Kier alpha value is -0.260. The maximum Gasteiger partial charge on any atom is -0.0239 e. The molecule has 0 amide bonds. The standard InChI is InChI=1S/C12H22/c1-9(2)10(3)6-5-7-12-8-11(12)4/h5-6,9-12H,7-8H2,1-4H3. The maximum atomic E-state index is 2.39. The minimum atomic E-state index is 0.749. The van der Waals surface area contributed by atoms with Crippen LogP contribution < -0.4 is 0 Å². The summed E-state index contributed by atoms with van der Waals surface area (Å²) in [5.74, 6) is 3.56. The van der Waals surface area contributed by atoms with Gasteiger partial charge in [-0.3, -0.25) is 0 Å². The average Bonchev–Trinajstić information content (AvgIpc) is 2.66. The van der Waals surface area contributed by atoms with E-state index in [9.17, 15) is 0 Å². The molecule has 0 aliphatic heterocycles. The van der Waals surface area contributed by atoms with Gasteiger partial charge in [-0.15, -0.1) is 0 Å². The molecule has 1 fully saturated rings. The molecule has 0 heteroatoms. The third-order valence-electron chi connectivity index (χ3n) is 3.21. The summed E-state index contributed by atoms with van der Waals surface area (Å²) < 4.78 is 0. The minimum Gasteiger partial charge on any atom is -0.0880 e. The third-order valence-corrected chi connectivity index (χ3v) is 3.21. The molecule has 1 aliphatic carbocycles. The Morgan fingerprint density at radius 2 is 1.92 bits per heavy atom. The fourth-order valence-corrected chi connectivity index (χ4v) is 1.42. The van der Waals surface area contributed by atoms with Crippen molar-refractivity contribution >= 4 is 0 Å². The Balaban J connectivity index is 2.12. The summed E-state index contributed by atoms with van der Waals surface area (Å²) >= 11 is 0. The van der Waals surface area contributed by atoms with E-state index in [1.807, 2.05) is 0 Å². The van der Waals surface area contributed by atoms with Crippen molar-refractivity contribution in [1.82, 2.24) is 0 Å². The molecule has 1 saturated carbocycles. The summed E-state index contributed by atoms with van der Waals surface area (Å²) in [5, 5.41) is 0. The van der Waals surface area contributed by atoms with Crippen LogP contribution in [-0.4, -0.2) is 0 Å². The topological polar surface area (TPSA) is 0 Å². The van der Waals surface area contributed by atoms with Gasteiger partial charge in [-0.25, -0.2) is 0 Å². The first kappa shape index (κ1) is 9.83. The van der Waals surface area contributed by atoms with E-state index in [2.05, 4.69) is 39.8 Å².